The molecule has 1 amide bonds. The van der Waals surface area contributed by atoms with Crippen LogP contribution in [0, 0.1) is 13.8 Å². The summed E-state index contributed by atoms with van der Waals surface area (Å²) in [5, 5.41) is 9.14. The summed E-state index contributed by atoms with van der Waals surface area (Å²) < 4.78 is 18.4. The van der Waals surface area contributed by atoms with E-state index in [0.717, 1.165) is 39.0 Å². The zero-order chi connectivity index (χ0) is 25.2. The Morgan fingerprint density at radius 3 is 2.50 bits per heavy atom. The monoisotopic (exact) mass is 483 g/mol. The van der Waals surface area contributed by atoms with Crippen LogP contribution in [-0.4, -0.2) is 35.4 Å². The van der Waals surface area contributed by atoms with Gasteiger partial charge in [0, 0.05) is 28.1 Å². The van der Waals surface area contributed by atoms with Crippen molar-refractivity contribution in [3.05, 3.63) is 83.7 Å². The third kappa shape index (κ3) is 4.40. The topological polar surface area (TPSA) is 95.6 Å². The van der Waals surface area contributed by atoms with E-state index in [1.807, 2.05) is 74.5 Å². The Morgan fingerprint density at radius 1 is 0.972 bits per heavy atom. The minimum atomic E-state index is -0.510. The van der Waals surface area contributed by atoms with Crippen molar-refractivity contribution in [2.75, 3.05) is 19.0 Å². The number of aromatic nitrogens is 2. The fourth-order valence-electron chi connectivity index (χ4n) is 4.30. The molecule has 2 heterocycles. The first-order valence-corrected chi connectivity index (χ1v) is 11.5. The molecule has 0 fully saturated rings. The van der Waals surface area contributed by atoms with Crippen molar-refractivity contribution >= 4 is 39.5 Å². The molecule has 36 heavy (non-hydrogen) atoms. The van der Waals surface area contributed by atoms with Gasteiger partial charge in [-0.05, 0) is 38.1 Å². The molecule has 0 aliphatic heterocycles. The molecule has 0 bridgehead atoms. The Hall–Kier alpha value is -4.59. The molecule has 2 aromatic heterocycles. The number of hydrogen-bond acceptors (Lipinski definition) is 6. The van der Waals surface area contributed by atoms with Gasteiger partial charge in [-0.2, -0.15) is 5.10 Å². The smallest absolute Gasteiger partial charge is 0.310 e. The Labute approximate surface area is 207 Å². The first-order valence-electron chi connectivity index (χ1n) is 11.5. The summed E-state index contributed by atoms with van der Waals surface area (Å²) in [6.07, 6.45) is 0.0199. The molecule has 0 aliphatic carbocycles. The molecule has 3 aromatic carbocycles. The molecule has 5 rings (SSSR count). The number of furan rings is 1. The minimum absolute atomic E-state index is 0.0199. The molecule has 0 unspecified atom stereocenters. The summed E-state index contributed by atoms with van der Waals surface area (Å²) in [4.78, 5) is 25.1. The fourth-order valence-corrected chi connectivity index (χ4v) is 4.30. The van der Waals surface area contributed by atoms with Crippen LogP contribution in [0.2, 0.25) is 0 Å². The van der Waals surface area contributed by atoms with Crippen LogP contribution in [0.4, 0.5) is 5.69 Å². The highest BCUT2D eigenvalue weighted by Crippen LogP contribution is 2.36. The van der Waals surface area contributed by atoms with E-state index >= 15 is 0 Å². The average Bonchev–Trinajstić information content (AvgIpc) is 3.39. The van der Waals surface area contributed by atoms with Gasteiger partial charge in [0.05, 0.1) is 30.6 Å². The van der Waals surface area contributed by atoms with E-state index in [0.29, 0.717) is 17.0 Å². The fraction of sp³-hybridized carbons (Fsp3) is 0.179. The van der Waals surface area contributed by atoms with E-state index < -0.39 is 18.5 Å². The quantitative estimate of drug-likeness (QED) is 0.323. The van der Waals surface area contributed by atoms with Crippen LogP contribution in [0.15, 0.2) is 71.1 Å². The van der Waals surface area contributed by atoms with E-state index in [2.05, 4.69) is 10.4 Å². The van der Waals surface area contributed by atoms with Crippen molar-refractivity contribution in [2.24, 2.45) is 0 Å². The molecule has 0 saturated heterocycles. The number of esters is 1. The van der Waals surface area contributed by atoms with Gasteiger partial charge in [-0.25, -0.2) is 4.68 Å². The van der Waals surface area contributed by atoms with Gasteiger partial charge in [0.2, 0.25) is 0 Å². The number of carbonyl (C=O) groups excluding carboxylic acids is 2. The number of hydrogen-bond donors (Lipinski definition) is 1. The highest BCUT2D eigenvalue weighted by molar-refractivity contribution is 6.07. The zero-order valence-corrected chi connectivity index (χ0v) is 20.2. The highest BCUT2D eigenvalue weighted by Gasteiger charge is 2.19. The second kappa shape index (κ2) is 9.58. The molecule has 8 heteroatoms. The molecule has 5 aromatic rings. The van der Waals surface area contributed by atoms with Crippen LogP contribution in [0.3, 0.4) is 0 Å². The van der Waals surface area contributed by atoms with Crippen molar-refractivity contribution in [3.63, 3.8) is 0 Å². The SMILES string of the molecule is COc1cc2c(cc1NC(=O)COC(=O)Cc1c(C)nn(-c3ccccc3)c1C)oc1ccccc12. The normalized spacial score (nSPS) is 11.1. The molecule has 0 saturated carbocycles. The Bertz CT molecular complexity index is 1580. The summed E-state index contributed by atoms with van der Waals surface area (Å²) in [6.45, 7) is 3.33. The standard InChI is InChI=1S/C28H25N3O5/c1-17-21(18(2)31(30-17)19-9-5-4-6-10-19)14-28(33)35-16-27(32)29-23-15-25-22(13-26(23)34-3)20-11-7-8-12-24(20)36-25/h4-13,15H,14,16H2,1-3H3,(H,29,32). The molecular weight excluding hydrogens is 458 g/mol. The lowest BCUT2D eigenvalue weighted by Crippen LogP contribution is -2.22. The molecule has 0 spiro atoms. The van der Waals surface area contributed by atoms with E-state index in [9.17, 15) is 9.59 Å². The number of rotatable bonds is 7. The lowest BCUT2D eigenvalue weighted by Gasteiger charge is -2.11. The maximum atomic E-state index is 12.6. The number of nitrogens with zero attached hydrogens (tertiary/aromatic N) is 2. The van der Waals surface area contributed by atoms with E-state index in [1.54, 1.807) is 10.7 Å². The molecule has 0 aliphatic rings. The van der Waals surface area contributed by atoms with Crippen LogP contribution in [0.1, 0.15) is 17.0 Å². The van der Waals surface area contributed by atoms with Gasteiger partial charge in [0.25, 0.3) is 5.91 Å². The molecule has 8 nitrogen and oxygen atoms in total. The number of anilines is 1. The van der Waals surface area contributed by atoms with Crippen molar-refractivity contribution < 1.29 is 23.5 Å². The lowest BCUT2D eigenvalue weighted by molar-refractivity contribution is -0.146. The van der Waals surface area contributed by atoms with E-state index in [-0.39, 0.29) is 6.42 Å². The number of carbonyl (C=O) groups is 2. The summed E-state index contributed by atoms with van der Waals surface area (Å²) in [5.41, 5.74) is 5.07. The summed E-state index contributed by atoms with van der Waals surface area (Å²) in [7, 11) is 1.53. The number of benzene rings is 3. The second-order valence-corrected chi connectivity index (χ2v) is 8.43. The number of para-hydroxylation sites is 2. The van der Waals surface area contributed by atoms with Gasteiger partial charge in [0.15, 0.2) is 6.61 Å². The number of ether oxygens (including phenoxy) is 2. The highest BCUT2D eigenvalue weighted by atomic mass is 16.5. The predicted molar refractivity (Wildman–Crippen MR) is 137 cm³/mol. The van der Waals surface area contributed by atoms with Crippen LogP contribution in [0.5, 0.6) is 5.75 Å². The Morgan fingerprint density at radius 2 is 1.72 bits per heavy atom. The molecule has 182 valence electrons. The number of fused-ring (bicyclic) bond motifs is 3. The molecular formula is C28H25N3O5. The zero-order valence-electron chi connectivity index (χ0n) is 20.2. The maximum absolute atomic E-state index is 12.6. The van der Waals surface area contributed by atoms with Gasteiger partial charge >= 0.3 is 5.97 Å². The number of nitrogens with one attached hydrogen (secondary N) is 1. The van der Waals surface area contributed by atoms with Crippen molar-refractivity contribution in [1.82, 2.24) is 9.78 Å². The average molecular weight is 484 g/mol. The molecule has 0 atom stereocenters. The largest absolute Gasteiger partial charge is 0.495 e. The summed E-state index contributed by atoms with van der Waals surface area (Å²) in [5.74, 6) is -0.512. The predicted octanol–water partition coefficient (Wildman–Crippen LogP) is 5.12. The van der Waals surface area contributed by atoms with Crippen LogP contribution in [0.25, 0.3) is 27.6 Å². The number of amides is 1. The third-order valence-electron chi connectivity index (χ3n) is 6.10. The van der Waals surface area contributed by atoms with Gasteiger partial charge in [-0.3, -0.25) is 9.59 Å². The Kier molecular flexibility index (Phi) is 6.16. The number of methoxy groups -OCH3 is 1. The first kappa shape index (κ1) is 23.2. The van der Waals surface area contributed by atoms with Crippen LogP contribution >= 0.6 is 0 Å². The van der Waals surface area contributed by atoms with Gasteiger partial charge in [0.1, 0.15) is 16.9 Å². The van der Waals surface area contributed by atoms with Gasteiger partial charge < -0.3 is 19.2 Å². The van der Waals surface area contributed by atoms with Gasteiger partial charge in [-0.1, -0.05) is 36.4 Å². The number of aryl methyl sites for hydroxylation is 1. The van der Waals surface area contributed by atoms with E-state index in [1.165, 1.54) is 7.11 Å². The van der Waals surface area contributed by atoms with Crippen molar-refractivity contribution in [3.8, 4) is 11.4 Å². The van der Waals surface area contributed by atoms with Gasteiger partial charge in [-0.15, -0.1) is 0 Å². The third-order valence-corrected chi connectivity index (χ3v) is 6.10. The van der Waals surface area contributed by atoms with Crippen LogP contribution < -0.4 is 10.1 Å². The first-order chi connectivity index (χ1) is 17.4. The Balaban J connectivity index is 1.25. The second-order valence-electron chi connectivity index (χ2n) is 8.43. The molecule has 1 N–H and O–H groups in total. The molecule has 0 radical (unpaired) electrons. The van der Waals surface area contributed by atoms with Crippen molar-refractivity contribution in [1.29, 1.82) is 0 Å². The van der Waals surface area contributed by atoms with Crippen LogP contribution in [-0.2, 0) is 20.7 Å². The van der Waals surface area contributed by atoms with Crippen molar-refractivity contribution in [2.45, 2.75) is 20.3 Å². The van der Waals surface area contributed by atoms with E-state index in [4.69, 9.17) is 13.9 Å². The maximum Gasteiger partial charge on any atom is 0.310 e. The summed E-state index contributed by atoms with van der Waals surface area (Å²) in [6, 6.07) is 20.9. The summed E-state index contributed by atoms with van der Waals surface area (Å²) >= 11 is 0. The lowest BCUT2D eigenvalue weighted by atomic mass is 10.1. The minimum Gasteiger partial charge on any atom is -0.495 e.